The topological polar surface area (TPSA) is 57.3 Å². The fourth-order valence-corrected chi connectivity index (χ4v) is 1.78. The van der Waals surface area contributed by atoms with Crippen molar-refractivity contribution in [1.82, 2.24) is 10.3 Å². The average molecular weight is 264 g/mol. The van der Waals surface area contributed by atoms with E-state index in [0.717, 1.165) is 37.6 Å². The largest absolute Gasteiger partial charge is 0.357 e. The van der Waals surface area contributed by atoms with Crippen LogP contribution in [0.1, 0.15) is 27.2 Å². The van der Waals surface area contributed by atoms with Gasteiger partial charge in [0.05, 0.1) is 18.4 Å². The summed E-state index contributed by atoms with van der Waals surface area (Å²) in [5, 5.41) is 5.88. The van der Waals surface area contributed by atoms with Crippen molar-refractivity contribution in [2.75, 3.05) is 36.4 Å². The van der Waals surface area contributed by atoms with Crippen molar-refractivity contribution < 1.29 is 4.79 Å². The first-order valence-corrected chi connectivity index (χ1v) is 6.92. The number of nitrogens with one attached hydrogen (secondary N) is 2. The SMILES string of the molecule is CCCNCC(=O)Nc1ccc(N(CC)CC)nc1. The Hall–Kier alpha value is -1.62. The number of nitrogens with zero attached hydrogens (tertiary/aromatic N) is 2. The smallest absolute Gasteiger partial charge is 0.238 e. The predicted octanol–water partition coefficient (Wildman–Crippen LogP) is 1.87. The lowest BCUT2D eigenvalue weighted by molar-refractivity contribution is -0.115. The van der Waals surface area contributed by atoms with E-state index in [2.05, 4.69) is 41.3 Å². The number of hydrogen-bond acceptors (Lipinski definition) is 4. The summed E-state index contributed by atoms with van der Waals surface area (Å²) in [6, 6.07) is 3.82. The number of anilines is 2. The maximum Gasteiger partial charge on any atom is 0.238 e. The highest BCUT2D eigenvalue weighted by atomic mass is 16.1. The van der Waals surface area contributed by atoms with Crippen molar-refractivity contribution >= 4 is 17.4 Å². The van der Waals surface area contributed by atoms with Gasteiger partial charge >= 0.3 is 0 Å². The van der Waals surface area contributed by atoms with E-state index in [4.69, 9.17) is 0 Å². The minimum Gasteiger partial charge on any atom is -0.357 e. The summed E-state index contributed by atoms with van der Waals surface area (Å²) >= 11 is 0. The normalized spacial score (nSPS) is 10.3. The van der Waals surface area contributed by atoms with E-state index < -0.39 is 0 Å². The van der Waals surface area contributed by atoms with E-state index >= 15 is 0 Å². The van der Waals surface area contributed by atoms with Crippen LogP contribution in [0.4, 0.5) is 11.5 Å². The van der Waals surface area contributed by atoms with E-state index in [1.54, 1.807) is 6.20 Å². The summed E-state index contributed by atoms with van der Waals surface area (Å²) in [5.41, 5.74) is 0.735. The molecule has 1 heterocycles. The van der Waals surface area contributed by atoms with Crippen LogP contribution in [0.25, 0.3) is 0 Å². The molecule has 0 atom stereocenters. The van der Waals surface area contributed by atoms with Crippen LogP contribution in [-0.4, -0.2) is 37.1 Å². The predicted molar refractivity (Wildman–Crippen MR) is 79.6 cm³/mol. The molecule has 1 aromatic rings. The minimum atomic E-state index is -0.0363. The van der Waals surface area contributed by atoms with Crippen LogP contribution < -0.4 is 15.5 Å². The van der Waals surface area contributed by atoms with Gasteiger partial charge in [-0.1, -0.05) is 6.92 Å². The zero-order chi connectivity index (χ0) is 14.1. The van der Waals surface area contributed by atoms with Gasteiger partial charge < -0.3 is 15.5 Å². The monoisotopic (exact) mass is 264 g/mol. The Kier molecular flexibility index (Phi) is 6.89. The van der Waals surface area contributed by atoms with Crippen molar-refractivity contribution in [2.45, 2.75) is 27.2 Å². The van der Waals surface area contributed by atoms with Crippen molar-refractivity contribution in [3.8, 4) is 0 Å². The Morgan fingerprint density at radius 1 is 1.26 bits per heavy atom. The van der Waals surface area contributed by atoms with Gasteiger partial charge in [0.1, 0.15) is 5.82 Å². The highest BCUT2D eigenvalue weighted by Gasteiger charge is 2.05. The van der Waals surface area contributed by atoms with Gasteiger partial charge in [-0.25, -0.2) is 4.98 Å². The molecule has 0 saturated heterocycles. The third-order valence-corrected chi connectivity index (χ3v) is 2.83. The molecule has 5 heteroatoms. The van der Waals surface area contributed by atoms with E-state index in [0.29, 0.717) is 6.54 Å². The quantitative estimate of drug-likeness (QED) is 0.704. The first-order valence-electron chi connectivity index (χ1n) is 6.92. The maximum absolute atomic E-state index is 11.6. The number of hydrogen-bond donors (Lipinski definition) is 2. The number of pyridine rings is 1. The Morgan fingerprint density at radius 2 is 2.00 bits per heavy atom. The van der Waals surface area contributed by atoms with Crippen LogP contribution in [0.2, 0.25) is 0 Å². The fraction of sp³-hybridized carbons (Fsp3) is 0.571. The molecular weight excluding hydrogens is 240 g/mol. The second-order valence-corrected chi connectivity index (χ2v) is 4.30. The first-order chi connectivity index (χ1) is 9.21. The zero-order valence-electron chi connectivity index (χ0n) is 12.1. The highest BCUT2D eigenvalue weighted by molar-refractivity contribution is 5.92. The molecule has 0 spiro atoms. The number of carbonyl (C=O) groups is 1. The summed E-state index contributed by atoms with van der Waals surface area (Å²) < 4.78 is 0. The Balaban J connectivity index is 2.50. The molecule has 0 aliphatic rings. The highest BCUT2D eigenvalue weighted by Crippen LogP contribution is 2.13. The van der Waals surface area contributed by atoms with Crippen LogP contribution in [0, 0.1) is 0 Å². The molecule has 1 amide bonds. The van der Waals surface area contributed by atoms with Crippen molar-refractivity contribution in [3.05, 3.63) is 18.3 Å². The molecule has 1 rings (SSSR count). The van der Waals surface area contributed by atoms with Gasteiger partial charge in [0, 0.05) is 13.1 Å². The molecule has 0 radical (unpaired) electrons. The molecule has 19 heavy (non-hydrogen) atoms. The minimum absolute atomic E-state index is 0.0363. The number of carbonyl (C=O) groups excluding carboxylic acids is 1. The first kappa shape index (κ1) is 15.4. The summed E-state index contributed by atoms with van der Waals surface area (Å²) in [7, 11) is 0. The van der Waals surface area contributed by atoms with E-state index in [-0.39, 0.29) is 5.91 Å². The third-order valence-electron chi connectivity index (χ3n) is 2.83. The molecule has 1 aromatic heterocycles. The second-order valence-electron chi connectivity index (χ2n) is 4.30. The average Bonchev–Trinajstić information content (AvgIpc) is 2.42. The van der Waals surface area contributed by atoms with Gasteiger partial charge in [0.15, 0.2) is 0 Å². The van der Waals surface area contributed by atoms with E-state index in [1.807, 2.05) is 12.1 Å². The number of rotatable bonds is 8. The van der Waals surface area contributed by atoms with Crippen molar-refractivity contribution in [3.63, 3.8) is 0 Å². The van der Waals surface area contributed by atoms with Gasteiger partial charge in [-0.3, -0.25) is 4.79 Å². The summed E-state index contributed by atoms with van der Waals surface area (Å²) in [4.78, 5) is 18.1. The fourth-order valence-electron chi connectivity index (χ4n) is 1.78. The van der Waals surface area contributed by atoms with Crippen LogP contribution in [0.15, 0.2) is 18.3 Å². The van der Waals surface area contributed by atoms with Crippen molar-refractivity contribution in [1.29, 1.82) is 0 Å². The van der Waals surface area contributed by atoms with E-state index in [1.165, 1.54) is 0 Å². The van der Waals surface area contributed by atoms with E-state index in [9.17, 15) is 4.79 Å². The molecule has 0 bridgehead atoms. The molecule has 2 N–H and O–H groups in total. The Morgan fingerprint density at radius 3 is 2.53 bits per heavy atom. The second kappa shape index (κ2) is 8.48. The molecule has 0 fully saturated rings. The zero-order valence-corrected chi connectivity index (χ0v) is 12.1. The molecule has 0 aliphatic carbocycles. The standard InChI is InChI=1S/C14H24N4O/c1-4-9-15-11-14(19)17-12-7-8-13(16-10-12)18(5-2)6-3/h7-8,10,15H,4-6,9,11H2,1-3H3,(H,17,19). The lowest BCUT2D eigenvalue weighted by Crippen LogP contribution is -2.28. The summed E-state index contributed by atoms with van der Waals surface area (Å²) in [6.07, 6.45) is 2.72. The lowest BCUT2D eigenvalue weighted by Gasteiger charge is -2.19. The van der Waals surface area contributed by atoms with Crippen LogP contribution in [0.5, 0.6) is 0 Å². The molecule has 0 unspecified atom stereocenters. The third kappa shape index (κ3) is 5.26. The van der Waals surface area contributed by atoms with Crippen LogP contribution in [-0.2, 0) is 4.79 Å². The molecule has 5 nitrogen and oxygen atoms in total. The van der Waals surface area contributed by atoms with Gasteiger partial charge in [-0.15, -0.1) is 0 Å². The van der Waals surface area contributed by atoms with Gasteiger partial charge in [-0.05, 0) is 38.9 Å². The van der Waals surface area contributed by atoms with Crippen LogP contribution in [0.3, 0.4) is 0 Å². The summed E-state index contributed by atoms with van der Waals surface area (Å²) in [5.74, 6) is 0.901. The number of amides is 1. The molecular formula is C14H24N4O. The number of aromatic nitrogens is 1. The van der Waals surface area contributed by atoms with Gasteiger partial charge in [0.2, 0.25) is 5.91 Å². The summed E-state index contributed by atoms with van der Waals surface area (Å²) in [6.45, 7) is 9.31. The Labute approximate surface area is 115 Å². The van der Waals surface area contributed by atoms with Gasteiger partial charge in [0.25, 0.3) is 0 Å². The molecule has 0 aromatic carbocycles. The maximum atomic E-state index is 11.6. The molecule has 106 valence electrons. The lowest BCUT2D eigenvalue weighted by atomic mass is 10.3. The van der Waals surface area contributed by atoms with Crippen LogP contribution >= 0.6 is 0 Å². The molecule has 0 aliphatic heterocycles. The Bertz CT molecular complexity index is 374. The van der Waals surface area contributed by atoms with Gasteiger partial charge in [-0.2, -0.15) is 0 Å². The van der Waals surface area contributed by atoms with Crippen molar-refractivity contribution in [2.24, 2.45) is 0 Å². The molecule has 0 saturated carbocycles.